The number of carboxylic acid groups (broad SMARTS) is 1. The number of carbonyl (C=O) groups is 2. The zero-order chi connectivity index (χ0) is 25.8. The van der Waals surface area contributed by atoms with Crippen LogP contribution >= 0.6 is 11.6 Å². The second kappa shape index (κ2) is 12.5. The van der Waals surface area contributed by atoms with Crippen molar-refractivity contribution in [2.24, 2.45) is 0 Å². The van der Waals surface area contributed by atoms with Gasteiger partial charge in [0, 0.05) is 22.3 Å². The van der Waals surface area contributed by atoms with Gasteiger partial charge in [0.05, 0.1) is 11.6 Å². The molecule has 2 N–H and O–H groups in total. The topological polar surface area (TPSA) is 71.3 Å². The Bertz CT molecular complexity index is 1520. The number of hydrogen-bond acceptors (Lipinski definition) is 2. The summed E-state index contributed by atoms with van der Waals surface area (Å²) >= 11 is 6.46. The molecule has 5 aromatic rings. The number of anilines is 1. The minimum Gasteiger partial charge on any atom is -1.00 e. The van der Waals surface area contributed by atoms with Crippen LogP contribution in [-0.4, -0.2) is 21.6 Å². The van der Waals surface area contributed by atoms with Crippen molar-refractivity contribution in [2.45, 2.75) is 18.9 Å². The molecule has 0 radical (unpaired) electrons. The van der Waals surface area contributed by atoms with E-state index in [4.69, 9.17) is 16.7 Å². The molecule has 5 nitrogen and oxygen atoms in total. The van der Waals surface area contributed by atoms with Crippen LogP contribution in [0.1, 0.15) is 36.1 Å². The Labute approximate surface area is 249 Å². The molecule has 4 aromatic carbocycles. The van der Waals surface area contributed by atoms with Gasteiger partial charge in [-0.25, -0.2) is 0 Å². The molecule has 0 saturated carbocycles. The van der Waals surface area contributed by atoms with E-state index in [0.717, 1.165) is 22.0 Å². The molecule has 0 fully saturated rings. The monoisotopic (exact) mass is 532 g/mol. The molecule has 0 saturated heterocycles. The van der Waals surface area contributed by atoms with Gasteiger partial charge in [0.1, 0.15) is 6.42 Å². The molecule has 0 aliphatic carbocycles. The van der Waals surface area contributed by atoms with Gasteiger partial charge in [0.15, 0.2) is 0 Å². The maximum atomic E-state index is 11.8. The predicted octanol–water partition coefficient (Wildman–Crippen LogP) is 4.05. The third-order valence-electron chi connectivity index (χ3n) is 6.33. The van der Waals surface area contributed by atoms with E-state index in [0.29, 0.717) is 17.1 Å². The summed E-state index contributed by atoms with van der Waals surface area (Å²) in [5.41, 5.74) is 6.21. The predicted molar refractivity (Wildman–Crippen MR) is 148 cm³/mol. The van der Waals surface area contributed by atoms with E-state index in [9.17, 15) is 9.59 Å². The summed E-state index contributed by atoms with van der Waals surface area (Å²) in [6.45, 7) is 0. The van der Waals surface area contributed by atoms with E-state index < -0.39 is 18.3 Å². The fraction of sp³-hybridized carbons (Fsp3) is 0.0968. The number of amides is 1. The molecule has 0 spiro atoms. The number of carboxylic acids is 1. The zero-order valence-electron chi connectivity index (χ0n) is 22.0. The molecule has 1 amide bonds. The van der Waals surface area contributed by atoms with Crippen molar-refractivity contribution >= 4 is 40.1 Å². The minimum absolute atomic E-state index is 0. The van der Waals surface area contributed by atoms with Crippen LogP contribution in [0.4, 0.5) is 5.69 Å². The number of nitrogens with one attached hydrogen (secondary N) is 1. The summed E-state index contributed by atoms with van der Waals surface area (Å²) in [6.07, 6.45) is 2.33. The number of rotatable bonds is 8. The summed E-state index contributed by atoms with van der Waals surface area (Å²) in [5.74, 6) is -1.71. The van der Waals surface area contributed by atoms with Crippen LogP contribution in [-0.2, 0) is 16.0 Å². The van der Waals surface area contributed by atoms with Gasteiger partial charge in [0.2, 0.25) is 5.91 Å². The van der Waals surface area contributed by atoms with Gasteiger partial charge < -0.3 is 16.4 Å². The number of benzene rings is 4. The van der Waals surface area contributed by atoms with Crippen molar-refractivity contribution < 1.29 is 45.7 Å². The van der Waals surface area contributed by atoms with Gasteiger partial charge in [-0.1, -0.05) is 90.5 Å². The average molecular weight is 533 g/mol. The number of fused-ring (bicyclic) bond motifs is 1. The second-order valence-electron chi connectivity index (χ2n) is 8.94. The van der Waals surface area contributed by atoms with Gasteiger partial charge in [-0.3, -0.25) is 9.59 Å². The molecule has 0 bridgehead atoms. The van der Waals surface area contributed by atoms with Crippen LogP contribution in [0.5, 0.6) is 0 Å². The van der Waals surface area contributed by atoms with Crippen LogP contribution in [0.2, 0.25) is 5.02 Å². The molecule has 0 aliphatic rings. The largest absolute Gasteiger partial charge is 1.00 e. The Morgan fingerprint density at radius 2 is 1.47 bits per heavy atom. The first-order valence-electron chi connectivity index (χ1n) is 12.0. The van der Waals surface area contributed by atoms with E-state index in [2.05, 4.69) is 70.7 Å². The van der Waals surface area contributed by atoms with Crippen molar-refractivity contribution in [1.82, 2.24) is 4.57 Å². The number of nitrogens with zero attached hydrogens (tertiary/aromatic N) is 1. The summed E-state index contributed by atoms with van der Waals surface area (Å²) in [7, 11) is 0. The molecule has 1 aromatic heterocycles. The molecule has 0 unspecified atom stereocenters. The number of halogens is 1. The van der Waals surface area contributed by atoms with E-state index in [1.165, 1.54) is 11.1 Å². The third-order valence-corrected chi connectivity index (χ3v) is 6.57. The normalized spacial score (nSPS) is 10.8. The molecule has 38 heavy (non-hydrogen) atoms. The standard InChI is InChI=1S/C31H25ClN2O3.Na.H/c32-25-13-16-27-24(17-21-11-14-26(15-12-21)33-29(35)19-30(36)37)20-34(28(27)18-25)31(22-7-3-1-4-8-22)23-9-5-2-6-10-23;;/h1-16,18,20,31H,17,19H2,(H,33,35)(H,36,37);;/q;+1;-1. The van der Waals surface area contributed by atoms with Crippen molar-refractivity contribution in [1.29, 1.82) is 0 Å². The molecule has 7 heteroatoms. The van der Waals surface area contributed by atoms with E-state index in [-0.39, 0.29) is 37.0 Å². The quantitative estimate of drug-likeness (QED) is 0.234. The Balaban J connectivity index is 0.00000210. The van der Waals surface area contributed by atoms with Gasteiger partial charge in [-0.2, -0.15) is 0 Å². The second-order valence-corrected chi connectivity index (χ2v) is 9.38. The maximum absolute atomic E-state index is 11.8. The van der Waals surface area contributed by atoms with E-state index in [1.54, 1.807) is 12.1 Å². The molecule has 0 atom stereocenters. The van der Waals surface area contributed by atoms with Gasteiger partial charge >= 0.3 is 35.5 Å². The molecule has 5 rings (SSSR count). The van der Waals surface area contributed by atoms with Gasteiger partial charge in [-0.05, 0) is 52.9 Å². The SMILES string of the molecule is O=C(O)CC(=O)Nc1ccc(Cc2cn(C(c3ccccc3)c3ccccc3)c3cc(Cl)ccc23)cc1.[H-].[Na+]. The van der Waals surface area contributed by atoms with Gasteiger partial charge in [-0.15, -0.1) is 0 Å². The maximum Gasteiger partial charge on any atom is 1.00 e. The Hall–Kier alpha value is -3.35. The fourth-order valence-corrected chi connectivity index (χ4v) is 4.87. The molecule has 1 heterocycles. The smallest absolute Gasteiger partial charge is 1.00 e. The van der Waals surface area contributed by atoms with Crippen molar-refractivity contribution in [3.05, 3.63) is 137 Å². The van der Waals surface area contributed by atoms with Gasteiger partial charge in [0.25, 0.3) is 0 Å². The van der Waals surface area contributed by atoms with Crippen molar-refractivity contribution in [3.63, 3.8) is 0 Å². The van der Waals surface area contributed by atoms with Crippen LogP contribution < -0.4 is 34.9 Å². The number of carbonyl (C=O) groups excluding carboxylic acids is 1. The van der Waals surface area contributed by atoms with E-state index >= 15 is 0 Å². The van der Waals surface area contributed by atoms with E-state index in [1.807, 2.05) is 36.4 Å². The van der Waals surface area contributed by atoms with Crippen LogP contribution in [0.25, 0.3) is 10.9 Å². The first-order chi connectivity index (χ1) is 18.0. The number of aliphatic carboxylic acids is 1. The van der Waals surface area contributed by atoms with Crippen molar-refractivity contribution in [2.75, 3.05) is 5.32 Å². The fourth-order valence-electron chi connectivity index (χ4n) is 4.70. The zero-order valence-corrected chi connectivity index (χ0v) is 23.7. The molecular formula is C31H26ClN2NaO3. The summed E-state index contributed by atoms with van der Waals surface area (Å²) in [4.78, 5) is 22.5. The minimum atomic E-state index is -1.16. The molecule has 186 valence electrons. The summed E-state index contributed by atoms with van der Waals surface area (Å²) in [6, 6.07) is 34.3. The average Bonchev–Trinajstić information content (AvgIpc) is 3.23. The van der Waals surface area contributed by atoms with Crippen LogP contribution in [0.15, 0.2) is 109 Å². The molecular weight excluding hydrogens is 507 g/mol. The van der Waals surface area contributed by atoms with Crippen LogP contribution in [0, 0.1) is 0 Å². The Morgan fingerprint density at radius 3 is 2.05 bits per heavy atom. The number of hydrogen-bond donors (Lipinski definition) is 2. The van der Waals surface area contributed by atoms with Crippen LogP contribution in [0.3, 0.4) is 0 Å². The Morgan fingerprint density at radius 1 is 0.868 bits per heavy atom. The first-order valence-corrected chi connectivity index (χ1v) is 12.3. The Kier molecular flexibility index (Phi) is 9.08. The summed E-state index contributed by atoms with van der Waals surface area (Å²) in [5, 5.41) is 13.2. The first kappa shape index (κ1) is 27.7. The number of aromatic nitrogens is 1. The summed E-state index contributed by atoms with van der Waals surface area (Å²) < 4.78 is 2.29. The molecule has 0 aliphatic heterocycles. The van der Waals surface area contributed by atoms with Crippen molar-refractivity contribution in [3.8, 4) is 0 Å². The third kappa shape index (κ3) is 6.37.